The maximum absolute atomic E-state index is 11.1. The first-order valence-electron chi connectivity index (χ1n) is 4.36. The quantitative estimate of drug-likeness (QED) is 0.655. The predicted molar refractivity (Wildman–Crippen MR) is 53.9 cm³/mol. The van der Waals surface area contributed by atoms with E-state index < -0.39 is 11.9 Å². The van der Waals surface area contributed by atoms with Crippen molar-refractivity contribution >= 4 is 11.8 Å². The number of nitrogens with two attached hydrogens (primary N) is 1. The molecule has 0 bridgehead atoms. The van der Waals surface area contributed by atoms with Crippen molar-refractivity contribution in [3.63, 3.8) is 0 Å². The first kappa shape index (κ1) is 11.0. The summed E-state index contributed by atoms with van der Waals surface area (Å²) in [4.78, 5) is 21.9. The molecule has 0 fully saturated rings. The van der Waals surface area contributed by atoms with Gasteiger partial charge in [0.2, 0.25) is 11.8 Å². The highest BCUT2D eigenvalue weighted by Crippen LogP contribution is 2.16. The normalized spacial score (nSPS) is 11.8. The lowest BCUT2D eigenvalue weighted by Crippen LogP contribution is -2.36. The van der Waals surface area contributed by atoms with Crippen LogP contribution in [0.1, 0.15) is 18.5 Å². The lowest BCUT2D eigenvalue weighted by atomic mass is 10.1. The first-order valence-corrected chi connectivity index (χ1v) is 4.36. The molecule has 2 amide bonds. The Morgan fingerprint density at radius 3 is 2.27 bits per heavy atom. The molecule has 5 heteroatoms. The summed E-state index contributed by atoms with van der Waals surface area (Å²) in [5, 5.41) is 11.5. The van der Waals surface area contributed by atoms with E-state index in [1.54, 1.807) is 0 Å². The lowest BCUT2D eigenvalue weighted by molar-refractivity contribution is -0.126. The molecule has 1 aromatic carbocycles. The zero-order valence-corrected chi connectivity index (χ0v) is 8.23. The Balaban J connectivity index is 2.94. The number of benzene rings is 1. The molecule has 0 spiro atoms. The number of phenolic OH excluding ortho intramolecular Hbond substituents is 1. The van der Waals surface area contributed by atoms with Gasteiger partial charge in [0.05, 0.1) is 0 Å². The van der Waals surface area contributed by atoms with Gasteiger partial charge in [-0.15, -0.1) is 0 Å². The minimum Gasteiger partial charge on any atom is -0.508 e. The second-order valence-electron chi connectivity index (χ2n) is 3.13. The van der Waals surface area contributed by atoms with Gasteiger partial charge in [-0.05, 0) is 17.7 Å². The van der Waals surface area contributed by atoms with Gasteiger partial charge in [0.15, 0.2) is 0 Å². The summed E-state index contributed by atoms with van der Waals surface area (Å²) in [6.07, 6.45) is 0. The van der Waals surface area contributed by atoms with Crippen LogP contribution in [0.2, 0.25) is 0 Å². The van der Waals surface area contributed by atoms with Gasteiger partial charge in [-0.3, -0.25) is 9.59 Å². The van der Waals surface area contributed by atoms with Crippen LogP contribution in [0.5, 0.6) is 5.75 Å². The summed E-state index contributed by atoms with van der Waals surface area (Å²) in [5.74, 6) is -0.896. The minimum atomic E-state index is -0.858. The highest BCUT2D eigenvalue weighted by molar-refractivity contribution is 5.86. The van der Waals surface area contributed by atoms with Crippen molar-refractivity contribution in [2.75, 3.05) is 0 Å². The standard InChI is InChI=1S/C10H12N2O3/c1-6(13)12-9(10(11)15)7-2-4-8(14)5-3-7/h2-5,9,14H,1H3,(H2,11,15)(H,12,13). The molecule has 1 unspecified atom stereocenters. The van der Waals surface area contributed by atoms with Crippen LogP contribution in [0.25, 0.3) is 0 Å². The molecule has 0 saturated heterocycles. The third-order valence-corrected chi connectivity index (χ3v) is 1.86. The van der Waals surface area contributed by atoms with Gasteiger partial charge < -0.3 is 16.2 Å². The fourth-order valence-corrected chi connectivity index (χ4v) is 1.19. The topological polar surface area (TPSA) is 92.4 Å². The molecule has 1 rings (SSSR count). The highest BCUT2D eigenvalue weighted by Gasteiger charge is 2.18. The zero-order chi connectivity index (χ0) is 11.4. The van der Waals surface area contributed by atoms with Gasteiger partial charge in [0, 0.05) is 6.92 Å². The number of carbonyl (C=O) groups is 2. The fourth-order valence-electron chi connectivity index (χ4n) is 1.19. The average molecular weight is 208 g/mol. The van der Waals surface area contributed by atoms with Gasteiger partial charge in [-0.25, -0.2) is 0 Å². The molecule has 0 radical (unpaired) electrons. The van der Waals surface area contributed by atoms with E-state index in [1.165, 1.54) is 31.2 Å². The van der Waals surface area contributed by atoms with Crippen molar-refractivity contribution in [3.8, 4) is 5.75 Å². The second-order valence-corrected chi connectivity index (χ2v) is 3.13. The van der Waals surface area contributed by atoms with Crippen LogP contribution in [-0.4, -0.2) is 16.9 Å². The number of primary amides is 1. The molecule has 15 heavy (non-hydrogen) atoms. The molecule has 1 aromatic rings. The summed E-state index contributed by atoms with van der Waals surface area (Å²) in [7, 11) is 0. The van der Waals surface area contributed by atoms with E-state index >= 15 is 0 Å². The van der Waals surface area contributed by atoms with E-state index in [0.717, 1.165) is 0 Å². The number of nitrogens with one attached hydrogen (secondary N) is 1. The van der Waals surface area contributed by atoms with E-state index in [0.29, 0.717) is 5.56 Å². The largest absolute Gasteiger partial charge is 0.508 e. The van der Waals surface area contributed by atoms with Gasteiger partial charge in [-0.1, -0.05) is 12.1 Å². The van der Waals surface area contributed by atoms with Crippen LogP contribution in [0, 0.1) is 0 Å². The van der Waals surface area contributed by atoms with Crippen molar-refractivity contribution in [1.29, 1.82) is 0 Å². The maximum Gasteiger partial charge on any atom is 0.244 e. The summed E-state index contributed by atoms with van der Waals surface area (Å²) in [6.45, 7) is 1.30. The Morgan fingerprint density at radius 1 is 1.33 bits per heavy atom. The molecule has 4 N–H and O–H groups in total. The van der Waals surface area contributed by atoms with Crippen molar-refractivity contribution < 1.29 is 14.7 Å². The van der Waals surface area contributed by atoms with Crippen LogP contribution in [0.15, 0.2) is 24.3 Å². The molecule has 0 aliphatic heterocycles. The monoisotopic (exact) mass is 208 g/mol. The van der Waals surface area contributed by atoms with E-state index in [2.05, 4.69) is 5.32 Å². The Hall–Kier alpha value is -2.04. The molecule has 5 nitrogen and oxygen atoms in total. The second kappa shape index (κ2) is 4.45. The van der Waals surface area contributed by atoms with Gasteiger partial charge in [0.1, 0.15) is 11.8 Å². The molecule has 1 atom stereocenters. The van der Waals surface area contributed by atoms with Crippen LogP contribution in [-0.2, 0) is 9.59 Å². The number of carbonyl (C=O) groups excluding carboxylic acids is 2. The SMILES string of the molecule is CC(=O)NC(C(N)=O)c1ccc(O)cc1. The van der Waals surface area contributed by atoms with Crippen molar-refractivity contribution in [2.45, 2.75) is 13.0 Å². The third-order valence-electron chi connectivity index (χ3n) is 1.86. The Morgan fingerprint density at radius 2 is 1.87 bits per heavy atom. The molecule has 80 valence electrons. The molecular weight excluding hydrogens is 196 g/mol. The van der Waals surface area contributed by atoms with Gasteiger partial charge in [-0.2, -0.15) is 0 Å². The molecule has 0 aliphatic carbocycles. The Labute approximate surface area is 86.9 Å². The number of rotatable bonds is 3. The summed E-state index contributed by atoms with van der Waals surface area (Å²) < 4.78 is 0. The van der Waals surface area contributed by atoms with Crippen molar-refractivity contribution in [2.24, 2.45) is 5.73 Å². The van der Waals surface area contributed by atoms with Crippen LogP contribution in [0.3, 0.4) is 0 Å². The van der Waals surface area contributed by atoms with E-state index in [4.69, 9.17) is 10.8 Å². The summed E-state index contributed by atoms with van der Waals surface area (Å²) in [6, 6.07) is 5.05. The number of amides is 2. The maximum atomic E-state index is 11.1. The molecule has 0 saturated carbocycles. The highest BCUT2D eigenvalue weighted by atomic mass is 16.3. The average Bonchev–Trinajstić information content (AvgIpc) is 2.15. The molecule has 0 aromatic heterocycles. The Bertz CT molecular complexity index is 373. The summed E-state index contributed by atoms with van der Waals surface area (Å²) >= 11 is 0. The van der Waals surface area contributed by atoms with Gasteiger partial charge in [0.25, 0.3) is 0 Å². The lowest BCUT2D eigenvalue weighted by Gasteiger charge is -2.14. The van der Waals surface area contributed by atoms with Crippen molar-refractivity contribution in [1.82, 2.24) is 5.32 Å². The van der Waals surface area contributed by atoms with E-state index in [9.17, 15) is 9.59 Å². The summed E-state index contributed by atoms with van der Waals surface area (Å²) in [5.41, 5.74) is 5.68. The predicted octanol–water partition coefficient (Wildman–Crippen LogP) is 0.0547. The molecule has 0 aliphatic rings. The fraction of sp³-hybridized carbons (Fsp3) is 0.200. The van der Waals surface area contributed by atoms with E-state index in [-0.39, 0.29) is 11.7 Å². The third kappa shape index (κ3) is 2.98. The van der Waals surface area contributed by atoms with Crippen molar-refractivity contribution in [3.05, 3.63) is 29.8 Å². The number of phenols is 1. The van der Waals surface area contributed by atoms with Gasteiger partial charge >= 0.3 is 0 Å². The Kier molecular flexibility index (Phi) is 3.28. The van der Waals surface area contributed by atoms with Crippen LogP contribution >= 0.6 is 0 Å². The van der Waals surface area contributed by atoms with Crippen LogP contribution in [0.4, 0.5) is 0 Å². The smallest absolute Gasteiger partial charge is 0.244 e. The minimum absolute atomic E-state index is 0.0878. The number of aromatic hydroxyl groups is 1. The zero-order valence-electron chi connectivity index (χ0n) is 8.23. The van der Waals surface area contributed by atoms with Crippen LogP contribution < -0.4 is 11.1 Å². The molecular formula is C10H12N2O3. The number of hydrogen-bond acceptors (Lipinski definition) is 3. The first-order chi connectivity index (χ1) is 7.00. The molecule has 0 heterocycles. The van der Waals surface area contributed by atoms with E-state index in [1.807, 2.05) is 0 Å². The number of hydrogen-bond donors (Lipinski definition) is 3.